The molecule has 2 aliphatic carbocycles. The minimum absolute atomic E-state index is 0.143. The number of aromatic amines is 1. The molecule has 21 heteroatoms. The van der Waals surface area contributed by atoms with E-state index in [1.807, 2.05) is 0 Å². The highest BCUT2D eigenvalue weighted by Crippen LogP contribution is 2.61. The van der Waals surface area contributed by atoms with Crippen LogP contribution in [0.15, 0.2) is 27.4 Å². The fraction of sp³-hybridized carbons (Fsp3) is 0.760. The highest BCUT2D eigenvalue weighted by Gasteiger charge is 2.48. The zero-order valence-corrected chi connectivity index (χ0v) is 26.9. The molecule has 1 aliphatic heterocycles. The van der Waals surface area contributed by atoms with Gasteiger partial charge in [0.15, 0.2) is 0 Å². The molecule has 262 valence electrons. The summed E-state index contributed by atoms with van der Waals surface area (Å²) in [7, 11) is -10.8. The topological polar surface area (TPSA) is 300 Å². The average molecular weight is 702 g/mol. The van der Waals surface area contributed by atoms with Crippen LogP contribution in [0, 0.1) is 18.8 Å². The maximum absolute atomic E-state index is 12.7. The van der Waals surface area contributed by atoms with Crippen LogP contribution in [0.4, 0.5) is 0 Å². The predicted molar refractivity (Wildman–Crippen MR) is 155 cm³/mol. The number of hydrogen-bond acceptors (Lipinski definition) is 15. The van der Waals surface area contributed by atoms with Crippen LogP contribution < -0.4 is 16.6 Å². The normalized spacial score (nSPS) is 39.4. The number of nitrogens with zero attached hydrogens (tertiary/aromatic N) is 1. The number of hydrogen-bond donors (Lipinski definition) is 10. The van der Waals surface area contributed by atoms with E-state index in [1.165, 1.54) is 19.2 Å². The number of rotatable bonds is 11. The van der Waals surface area contributed by atoms with E-state index in [0.717, 1.165) is 4.57 Å². The van der Waals surface area contributed by atoms with Gasteiger partial charge < -0.3 is 50.5 Å². The third-order valence-electron chi connectivity index (χ3n) is 8.62. The molecular formula is C25H41N3O16P2. The first kappa shape index (κ1) is 37.2. The summed E-state index contributed by atoms with van der Waals surface area (Å²) in [6, 6.07) is -1.47. The summed E-state index contributed by atoms with van der Waals surface area (Å²) in [5, 5.41) is 65.0. The van der Waals surface area contributed by atoms with E-state index in [0.29, 0.717) is 0 Å². The van der Waals surface area contributed by atoms with Gasteiger partial charge in [-0.2, -0.15) is 4.31 Å². The second-order valence-corrected chi connectivity index (χ2v) is 15.0. The first-order chi connectivity index (χ1) is 21.3. The van der Waals surface area contributed by atoms with Gasteiger partial charge in [-0.25, -0.2) is 13.9 Å². The van der Waals surface area contributed by atoms with Gasteiger partial charge >= 0.3 is 21.3 Å². The SMILES string of the molecule is Cc1cn(C2C[C@H](O)C(COP(=O)(O)OP(=O)(O)O[C@H]3CC(C)[C@@H](NC4C=C(CO)[C@@H](O)C(O)[C@H]4C)C(O)[C@H]3O)O2)c(=O)[nH]c1=O. The molecule has 46 heavy (non-hydrogen) atoms. The van der Waals surface area contributed by atoms with Gasteiger partial charge in [-0.1, -0.05) is 19.9 Å². The van der Waals surface area contributed by atoms with Crippen LogP contribution in [0.1, 0.15) is 38.5 Å². The predicted octanol–water partition coefficient (Wildman–Crippen LogP) is -2.51. The van der Waals surface area contributed by atoms with E-state index in [9.17, 15) is 59.1 Å². The summed E-state index contributed by atoms with van der Waals surface area (Å²) in [4.78, 5) is 46.2. The zero-order chi connectivity index (χ0) is 34.3. The van der Waals surface area contributed by atoms with Crippen molar-refractivity contribution in [3.63, 3.8) is 0 Å². The third-order valence-corrected chi connectivity index (χ3v) is 11.3. The van der Waals surface area contributed by atoms with Gasteiger partial charge in [0.1, 0.15) is 24.5 Å². The Morgan fingerprint density at radius 2 is 1.72 bits per heavy atom. The second kappa shape index (κ2) is 14.5. The average Bonchev–Trinajstić information content (AvgIpc) is 3.33. The molecule has 0 aromatic carbocycles. The molecule has 0 spiro atoms. The first-order valence-electron chi connectivity index (χ1n) is 14.5. The van der Waals surface area contributed by atoms with Crippen LogP contribution in [0.2, 0.25) is 0 Å². The lowest BCUT2D eigenvalue weighted by molar-refractivity contribution is -0.113. The Balaban J connectivity index is 1.33. The molecule has 19 nitrogen and oxygen atoms in total. The number of aliphatic hydroxyl groups is 6. The van der Waals surface area contributed by atoms with Gasteiger partial charge in [0.25, 0.3) is 5.56 Å². The van der Waals surface area contributed by atoms with Crippen LogP contribution in [0.25, 0.3) is 0 Å². The summed E-state index contributed by atoms with van der Waals surface area (Å²) in [5.41, 5.74) is -1.06. The Hall–Kier alpha value is -1.64. The van der Waals surface area contributed by atoms with Crippen molar-refractivity contribution >= 4 is 15.6 Å². The van der Waals surface area contributed by atoms with E-state index in [-0.39, 0.29) is 24.0 Å². The zero-order valence-electron chi connectivity index (χ0n) is 25.1. The molecule has 0 bridgehead atoms. The molecule has 14 atom stereocenters. The number of phosphoric ester groups is 2. The van der Waals surface area contributed by atoms with Crippen LogP contribution in [-0.2, 0) is 27.2 Å². The number of nitrogens with one attached hydrogen (secondary N) is 2. The molecule has 2 fully saturated rings. The van der Waals surface area contributed by atoms with Crippen molar-refractivity contribution in [1.82, 2.24) is 14.9 Å². The van der Waals surface area contributed by atoms with E-state index in [4.69, 9.17) is 13.8 Å². The van der Waals surface area contributed by atoms with Gasteiger partial charge in [0.2, 0.25) is 0 Å². The first-order valence-corrected chi connectivity index (χ1v) is 17.5. The number of aliphatic hydroxyl groups excluding tert-OH is 6. The summed E-state index contributed by atoms with van der Waals surface area (Å²) in [5.74, 6) is -1.10. The molecule has 1 aromatic rings. The lowest BCUT2D eigenvalue weighted by atomic mass is 9.77. The fourth-order valence-corrected chi connectivity index (χ4v) is 8.18. The van der Waals surface area contributed by atoms with E-state index < -0.39 is 113 Å². The Labute approximate surface area is 262 Å². The molecule has 10 N–H and O–H groups in total. The molecule has 1 aromatic heterocycles. The summed E-state index contributed by atoms with van der Waals surface area (Å²) in [6.07, 6.45) is -8.64. The van der Waals surface area contributed by atoms with Gasteiger partial charge in [0, 0.05) is 36.2 Å². The lowest BCUT2D eigenvalue weighted by Crippen LogP contribution is -2.62. The molecular weight excluding hydrogens is 660 g/mol. The molecule has 0 amide bonds. The van der Waals surface area contributed by atoms with Crippen molar-refractivity contribution in [2.24, 2.45) is 11.8 Å². The van der Waals surface area contributed by atoms with Crippen LogP contribution in [0.5, 0.6) is 0 Å². The third kappa shape index (κ3) is 8.31. The van der Waals surface area contributed by atoms with Crippen molar-refractivity contribution in [3.05, 3.63) is 44.2 Å². The Morgan fingerprint density at radius 1 is 1.04 bits per heavy atom. The minimum Gasteiger partial charge on any atom is -0.392 e. The van der Waals surface area contributed by atoms with Crippen molar-refractivity contribution < 1.29 is 67.7 Å². The largest absolute Gasteiger partial charge is 0.481 e. The minimum atomic E-state index is -5.43. The molecule has 3 aliphatic rings. The van der Waals surface area contributed by atoms with Gasteiger partial charge in [0.05, 0.1) is 37.6 Å². The Bertz CT molecular complexity index is 1490. The quantitative estimate of drug-likeness (QED) is 0.0842. The number of ether oxygens (including phenoxy) is 1. The van der Waals surface area contributed by atoms with Gasteiger partial charge in [-0.3, -0.25) is 23.4 Å². The van der Waals surface area contributed by atoms with Crippen molar-refractivity contribution in [2.75, 3.05) is 13.2 Å². The summed E-state index contributed by atoms with van der Waals surface area (Å²) < 4.78 is 45.8. The number of H-pyrrole nitrogens is 1. The maximum Gasteiger partial charge on any atom is 0.481 e. The molecule has 0 radical (unpaired) electrons. The smallest absolute Gasteiger partial charge is 0.392 e. The lowest BCUT2D eigenvalue weighted by Gasteiger charge is -2.45. The van der Waals surface area contributed by atoms with E-state index in [2.05, 4.69) is 14.6 Å². The van der Waals surface area contributed by atoms with Crippen LogP contribution >= 0.6 is 15.6 Å². The summed E-state index contributed by atoms with van der Waals surface area (Å²) >= 11 is 0. The Kier molecular flexibility index (Phi) is 11.7. The Morgan fingerprint density at radius 3 is 2.37 bits per heavy atom. The second-order valence-electron chi connectivity index (χ2n) is 12.0. The number of phosphoric acid groups is 2. The van der Waals surface area contributed by atoms with Crippen molar-refractivity contribution in [1.29, 1.82) is 0 Å². The molecule has 1 saturated carbocycles. The maximum atomic E-state index is 12.7. The van der Waals surface area contributed by atoms with Gasteiger partial charge in [-0.05, 0) is 24.8 Å². The van der Waals surface area contributed by atoms with E-state index in [1.54, 1.807) is 13.8 Å². The number of aromatic nitrogens is 2. The van der Waals surface area contributed by atoms with E-state index >= 15 is 0 Å². The highest BCUT2D eigenvalue weighted by atomic mass is 31.3. The monoisotopic (exact) mass is 701 g/mol. The van der Waals surface area contributed by atoms with Crippen LogP contribution in [0.3, 0.4) is 0 Å². The van der Waals surface area contributed by atoms with Crippen molar-refractivity contribution in [3.8, 4) is 0 Å². The highest BCUT2D eigenvalue weighted by molar-refractivity contribution is 7.61. The van der Waals surface area contributed by atoms with Gasteiger partial charge in [-0.15, -0.1) is 0 Å². The van der Waals surface area contributed by atoms with Crippen molar-refractivity contribution in [2.45, 2.75) is 94.7 Å². The number of aryl methyl sites for hydroxylation is 1. The molecule has 8 unspecified atom stereocenters. The fourth-order valence-electron chi connectivity index (χ4n) is 5.91. The van der Waals surface area contributed by atoms with Crippen LogP contribution in [-0.4, -0.2) is 118 Å². The molecule has 4 rings (SSSR count). The summed E-state index contributed by atoms with van der Waals surface area (Å²) in [6.45, 7) is 3.38. The molecule has 1 saturated heterocycles. The standard InChI is InChI=1S/C25H41N3O16P2/c1-10-4-16(22(33)23(34)19(10)26-14-5-13(8-29)21(32)20(31)12(14)3)43-46(39,40)44-45(37,38)41-9-17-15(30)6-18(42-17)28-7-11(2)24(35)27-25(28)36/h5,7,10,12,14-23,26,29-34H,4,6,8-9H2,1-3H3,(H,37,38)(H,39,40)(H,27,35,36)/t10?,12-,14?,15-,16-,17?,18?,19+,20?,21+,22-,23?/m0/s1. The molecule has 2 heterocycles.